The van der Waals surface area contributed by atoms with Crippen molar-refractivity contribution in [2.24, 2.45) is 5.84 Å². The number of thiophene rings is 1. The molecule has 1 fully saturated rings. The van der Waals surface area contributed by atoms with Crippen molar-refractivity contribution in [3.8, 4) is 0 Å². The fourth-order valence-electron chi connectivity index (χ4n) is 2.55. The number of anilines is 1. The molecule has 3 rings (SSSR count). The third-order valence-corrected chi connectivity index (χ3v) is 6.17. The van der Waals surface area contributed by atoms with Crippen LogP contribution in [0.3, 0.4) is 0 Å². The molecule has 0 atom stereocenters. The average molecular weight is 333 g/mol. The normalized spacial score (nSPS) is 14.4. The van der Waals surface area contributed by atoms with Gasteiger partial charge in [0, 0.05) is 15.5 Å². The number of hydrogen-bond donors (Lipinski definition) is 3. The SMILES string of the molecule is NNC(=O)Nc1cccc(C2CCC2)c1SCc1cccs1. The summed E-state index contributed by atoms with van der Waals surface area (Å²) in [5.74, 6) is 6.73. The van der Waals surface area contributed by atoms with Gasteiger partial charge in [-0.25, -0.2) is 10.6 Å². The van der Waals surface area contributed by atoms with Gasteiger partial charge >= 0.3 is 6.03 Å². The maximum atomic E-state index is 11.6. The maximum absolute atomic E-state index is 11.6. The van der Waals surface area contributed by atoms with Crippen molar-refractivity contribution in [2.75, 3.05) is 5.32 Å². The van der Waals surface area contributed by atoms with Gasteiger partial charge in [0.1, 0.15) is 0 Å². The molecule has 0 spiro atoms. The number of amides is 2. The van der Waals surface area contributed by atoms with Crippen molar-refractivity contribution in [3.05, 3.63) is 46.2 Å². The van der Waals surface area contributed by atoms with Gasteiger partial charge in [-0.1, -0.05) is 24.6 Å². The minimum absolute atomic E-state index is 0.385. The second kappa shape index (κ2) is 7.17. The summed E-state index contributed by atoms with van der Waals surface area (Å²) in [6.45, 7) is 0. The first-order valence-electron chi connectivity index (χ1n) is 7.33. The molecule has 6 heteroatoms. The Bertz CT molecular complexity index is 639. The standard InChI is InChI=1S/C16H19N3OS2/c17-19-16(20)18-14-8-2-7-13(11-4-1-5-11)15(14)22-10-12-6-3-9-21-12/h2-3,6-9,11H,1,4-5,10,17H2,(H2,18,19,20). The van der Waals surface area contributed by atoms with Crippen molar-refractivity contribution < 1.29 is 4.79 Å². The second-order valence-electron chi connectivity index (χ2n) is 5.32. The predicted molar refractivity (Wildman–Crippen MR) is 93.3 cm³/mol. The Labute approximate surface area is 138 Å². The van der Waals surface area contributed by atoms with Gasteiger partial charge in [0.05, 0.1) is 5.69 Å². The lowest BCUT2D eigenvalue weighted by Crippen LogP contribution is -2.34. The van der Waals surface area contributed by atoms with Gasteiger partial charge in [-0.3, -0.25) is 5.43 Å². The summed E-state index contributed by atoms with van der Waals surface area (Å²) in [7, 11) is 0. The van der Waals surface area contributed by atoms with E-state index in [0.717, 1.165) is 11.4 Å². The van der Waals surface area contributed by atoms with Crippen LogP contribution in [-0.4, -0.2) is 6.03 Å². The lowest BCUT2D eigenvalue weighted by atomic mass is 9.80. The molecule has 0 unspecified atom stereocenters. The lowest BCUT2D eigenvalue weighted by molar-refractivity contribution is 0.252. The minimum atomic E-state index is -0.385. The molecule has 0 radical (unpaired) electrons. The molecule has 1 saturated carbocycles. The molecule has 2 amide bonds. The molecule has 1 aliphatic rings. The molecule has 1 aromatic carbocycles. The van der Waals surface area contributed by atoms with Crippen LogP contribution >= 0.6 is 23.1 Å². The van der Waals surface area contributed by atoms with Crippen molar-refractivity contribution in [1.29, 1.82) is 0 Å². The zero-order valence-electron chi connectivity index (χ0n) is 12.2. The van der Waals surface area contributed by atoms with Crippen molar-refractivity contribution in [2.45, 2.75) is 35.8 Å². The number of hydrogen-bond acceptors (Lipinski definition) is 4. The van der Waals surface area contributed by atoms with E-state index in [-0.39, 0.29) is 6.03 Å². The number of nitrogens with one attached hydrogen (secondary N) is 2. The van der Waals surface area contributed by atoms with Crippen LogP contribution in [-0.2, 0) is 5.75 Å². The number of benzene rings is 1. The number of hydrazine groups is 1. The van der Waals surface area contributed by atoms with Crippen LogP contribution < -0.4 is 16.6 Å². The van der Waals surface area contributed by atoms with Crippen molar-refractivity contribution in [3.63, 3.8) is 0 Å². The minimum Gasteiger partial charge on any atom is -0.306 e. The summed E-state index contributed by atoms with van der Waals surface area (Å²) >= 11 is 3.55. The molecule has 1 heterocycles. The average Bonchev–Trinajstić information content (AvgIpc) is 2.98. The highest BCUT2D eigenvalue weighted by Gasteiger charge is 2.24. The highest BCUT2D eigenvalue weighted by molar-refractivity contribution is 7.98. The summed E-state index contributed by atoms with van der Waals surface area (Å²) in [4.78, 5) is 14.1. The Morgan fingerprint density at radius 2 is 2.18 bits per heavy atom. The molecule has 22 heavy (non-hydrogen) atoms. The van der Waals surface area contributed by atoms with E-state index in [2.05, 4.69) is 34.3 Å². The van der Waals surface area contributed by atoms with E-state index in [9.17, 15) is 4.79 Å². The third kappa shape index (κ3) is 3.45. The number of carbonyl (C=O) groups excluding carboxylic acids is 1. The molecular formula is C16H19N3OS2. The Morgan fingerprint density at radius 1 is 1.32 bits per heavy atom. The molecule has 2 aromatic rings. The van der Waals surface area contributed by atoms with Crippen LogP contribution in [0.1, 0.15) is 35.6 Å². The van der Waals surface area contributed by atoms with Crippen LogP contribution in [0.15, 0.2) is 40.6 Å². The summed E-state index contributed by atoms with van der Waals surface area (Å²) in [5.41, 5.74) is 4.32. The fraction of sp³-hybridized carbons (Fsp3) is 0.312. The fourth-order valence-corrected chi connectivity index (χ4v) is 4.55. The molecule has 4 nitrogen and oxygen atoms in total. The van der Waals surface area contributed by atoms with Gasteiger partial charge in [-0.15, -0.1) is 23.1 Å². The van der Waals surface area contributed by atoms with Gasteiger partial charge in [0.2, 0.25) is 0 Å². The molecule has 1 aliphatic carbocycles. The predicted octanol–water partition coefficient (Wildman–Crippen LogP) is 4.30. The summed E-state index contributed by atoms with van der Waals surface area (Å²) in [6, 6.07) is 9.96. The van der Waals surface area contributed by atoms with Gasteiger partial charge in [0.25, 0.3) is 0 Å². The first kappa shape index (κ1) is 15.4. The molecule has 0 saturated heterocycles. The quantitative estimate of drug-likeness (QED) is 0.331. The highest BCUT2D eigenvalue weighted by Crippen LogP contribution is 2.44. The summed E-state index contributed by atoms with van der Waals surface area (Å²) in [6.07, 6.45) is 3.76. The lowest BCUT2D eigenvalue weighted by Gasteiger charge is -2.28. The van der Waals surface area contributed by atoms with Crippen LogP contribution in [0.2, 0.25) is 0 Å². The molecule has 4 N–H and O–H groups in total. The molecule has 0 aliphatic heterocycles. The highest BCUT2D eigenvalue weighted by atomic mass is 32.2. The van der Waals surface area contributed by atoms with Gasteiger partial charge < -0.3 is 5.32 Å². The maximum Gasteiger partial charge on any atom is 0.333 e. The zero-order valence-corrected chi connectivity index (χ0v) is 13.8. The molecule has 1 aromatic heterocycles. The molecular weight excluding hydrogens is 314 g/mol. The van der Waals surface area contributed by atoms with E-state index in [1.165, 1.54) is 34.6 Å². The number of urea groups is 1. The van der Waals surface area contributed by atoms with Gasteiger partial charge in [-0.05, 0) is 41.8 Å². The van der Waals surface area contributed by atoms with Crippen molar-refractivity contribution >= 4 is 34.8 Å². The molecule has 116 valence electrons. The second-order valence-corrected chi connectivity index (χ2v) is 7.34. The number of rotatable bonds is 5. The number of nitrogens with two attached hydrogens (primary N) is 1. The van der Waals surface area contributed by atoms with Crippen LogP contribution in [0, 0.1) is 0 Å². The van der Waals surface area contributed by atoms with E-state index in [1.54, 1.807) is 23.1 Å². The van der Waals surface area contributed by atoms with E-state index in [0.29, 0.717) is 5.92 Å². The van der Waals surface area contributed by atoms with E-state index >= 15 is 0 Å². The van der Waals surface area contributed by atoms with E-state index < -0.39 is 0 Å². The number of thioether (sulfide) groups is 1. The van der Waals surface area contributed by atoms with E-state index in [1.807, 2.05) is 12.1 Å². The van der Waals surface area contributed by atoms with Crippen LogP contribution in [0.25, 0.3) is 0 Å². The van der Waals surface area contributed by atoms with Crippen molar-refractivity contribution in [1.82, 2.24) is 5.43 Å². The van der Waals surface area contributed by atoms with Gasteiger partial charge in [-0.2, -0.15) is 0 Å². The monoisotopic (exact) mass is 333 g/mol. The third-order valence-electron chi connectivity index (χ3n) is 3.91. The first-order chi connectivity index (χ1) is 10.8. The Hall–Kier alpha value is -1.50. The van der Waals surface area contributed by atoms with Crippen LogP contribution in [0.5, 0.6) is 0 Å². The Balaban J connectivity index is 1.85. The Morgan fingerprint density at radius 3 is 2.82 bits per heavy atom. The summed E-state index contributed by atoms with van der Waals surface area (Å²) < 4.78 is 0. The molecule has 0 bridgehead atoms. The largest absolute Gasteiger partial charge is 0.333 e. The van der Waals surface area contributed by atoms with Crippen LogP contribution in [0.4, 0.5) is 10.5 Å². The van der Waals surface area contributed by atoms with Gasteiger partial charge in [0.15, 0.2) is 0 Å². The first-order valence-corrected chi connectivity index (χ1v) is 9.20. The smallest absolute Gasteiger partial charge is 0.306 e. The topological polar surface area (TPSA) is 67.1 Å². The summed E-state index contributed by atoms with van der Waals surface area (Å²) in [5, 5.41) is 4.93. The Kier molecular flexibility index (Phi) is 5.02. The van der Waals surface area contributed by atoms with E-state index in [4.69, 9.17) is 5.84 Å². The number of carbonyl (C=O) groups is 1. The zero-order chi connectivity index (χ0) is 15.4.